The van der Waals surface area contributed by atoms with Gasteiger partial charge in [-0.25, -0.2) is 0 Å². The molecule has 0 saturated carbocycles. The van der Waals surface area contributed by atoms with Crippen LogP contribution in [0, 0.1) is 5.92 Å². The minimum Gasteiger partial charge on any atom is -0.497 e. The van der Waals surface area contributed by atoms with Gasteiger partial charge in [-0.05, 0) is 36.4 Å². The molecule has 176 valence electrons. The molecule has 1 aliphatic heterocycles. The normalized spacial score (nSPS) is 17.3. The minimum atomic E-state index is -0.464. The monoisotopic (exact) mass is 479 g/mol. The maximum atomic E-state index is 13.3. The second-order valence-corrected chi connectivity index (χ2v) is 8.52. The Kier molecular flexibility index (Phi) is 7.33. The zero-order valence-electron chi connectivity index (χ0n) is 19.0. The molecule has 0 spiro atoms. The lowest BCUT2D eigenvalue weighted by molar-refractivity contribution is -0.125. The van der Waals surface area contributed by atoms with E-state index in [1.54, 1.807) is 55.6 Å². The first-order chi connectivity index (χ1) is 16.5. The highest BCUT2D eigenvalue weighted by atomic mass is 35.5. The van der Waals surface area contributed by atoms with Gasteiger partial charge in [0.2, 0.25) is 5.91 Å². The summed E-state index contributed by atoms with van der Waals surface area (Å²) in [6.45, 7) is 0.958. The second-order valence-electron chi connectivity index (χ2n) is 8.08. The lowest BCUT2D eigenvalue weighted by Crippen LogP contribution is -2.35. The standard InChI is InChI=1S/C26H26ClN3O4/c1-33-20-9-10-21(24(13-20)34-2)22-15-30(26(32)17-6-5-7-18(27)12-17)16-23(22)25(31)29-14-19-8-3-4-11-28-19/h3-13,22-23H,14-16H2,1-2H3,(H,29,31)/t22-,23-/m0/s1. The van der Waals surface area contributed by atoms with Gasteiger partial charge in [-0.15, -0.1) is 0 Å². The maximum absolute atomic E-state index is 13.3. The van der Waals surface area contributed by atoms with E-state index >= 15 is 0 Å². The number of nitrogens with one attached hydrogen (secondary N) is 1. The molecule has 2 atom stereocenters. The van der Waals surface area contributed by atoms with Crippen molar-refractivity contribution >= 4 is 23.4 Å². The molecule has 1 saturated heterocycles. The highest BCUT2D eigenvalue weighted by Crippen LogP contribution is 2.39. The molecule has 34 heavy (non-hydrogen) atoms. The summed E-state index contributed by atoms with van der Waals surface area (Å²) in [4.78, 5) is 32.5. The Morgan fingerprint density at radius 3 is 2.62 bits per heavy atom. The zero-order chi connectivity index (χ0) is 24.1. The van der Waals surface area contributed by atoms with Crippen LogP contribution in [0.15, 0.2) is 66.9 Å². The molecule has 7 nitrogen and oxygen atoms in total. The summed E-state index contributed by atoms with van der Waals surface area (Å²) >= 11 is 6.10. The lowest BCUT2D eigenvalue weighted by atomic mass is 9.87. The van der Waals surface area contributed by atoms with Crippen LogP contribution >= 0.6 is 11.6 Å². The van der Waals surface area contributed by atoms with Crippen LogP contribution in [0.2, 0.25) is 5.02 Å². The first-order valence-electron chi connectivity index (χ1n) is 10.9. The van der Waals surface area contributed by atoms with Crippen molar-refractivity contribution in [1.29, 1.82) is 0 Å². The SMILES string of the molecule is COc1ccc([C@@H]2CN(C(=O)c3cccc(Cl)c3)C[C@@H]2C(=O)NCc2ccccn2)c(OC)c1. The molecule has 0 unspecified atom stereocenters. The van der Waals surface area contributed by atoms with E-state index < -0.39 is 5.92 Å². The number of rotatable bonds is 7. The number of aromatic nitrogens is 1. The fourth-order valence-corrected chi connectivity index (χ4v) is 4.48. The Hall–Kier alpha value is -3.58. The van der Waals surface area contributed by atoms with Crippen LogP contribution in [0.5, 0.6) is 11.5 Å². The number of hydrogen-bond acceptors (Lipinski definition) is 5. The number of likely N-dealkylation sites (tertiary alicyclic amines) is 1. The van der Waals surface area contributed by atoms with Crippen LogP contribution < -0.4 is 14.8 Å². The Balaban J connectivity index is 1.61. The third kappa shape index (κ3) is 5.15. The number of ether oxygens (including phenoxy) is 2. The number of benzene rings is 2. The molecule has 2 heterocycles. The fourth-order valence-electron chi connectivity index (χ4n) is 4.29. The molecular formula is C26H26ClN3O4. The van der Waals surface area contributed by atoms with Crippen molar-refractivity contribution in [3.8, 4) is 11.5 Å². The summed E-state index contributed by atoms with van der Waals surface area (Å²) < 4.78 is 10.9. The van der Waals surface area contributed by atoms with Gasteiger partial charge in [-0.3, -0.25) is 14.6 Å². The highest BCUT2D eigenvalue weighted by molar-refractivity contribution is 6.30. The van der Waals surface area contributed by atoms with Crippen molar-refractivity contribution in [2.45, 2.75) is 12.5 Å². The first-order valence-corrected chi connectivity index (χ1v) is 11.3. The van der Waals surface area contributed by atoms with Crippen LogP contribution in [0.4, 0.5) is 0 Å². The minimum absolute atomic E-state index is 0.144. The highest BCUT2D eigenvalue weighted by Gasteiger charge is 2.41. The number of halogens is 1. The van der Waals surface area contributed by atoms with E-state index in [0.717, 1.165) is 11.3 Å². The smallest absolute Gasteiger partial charge is 0.253 e. The number of nitrogens with zero attached hydrogens (tertiary/aromatic N) is 2. The van der Waals surface area contributed by atoms with Crippen molar-refractivity contribution in [2.75, 3.05) is 27.3 Å². The molecule has 1 aliphatic rings. The third-order valence-corrected chi connectivity index (χ3v) is 6.26. The number of methoxy groups -OCH3 is 2. The molecule has 1 N–H and O–H groups in total. The van der Waals surface area contributed by atoms with Crippen LogP contribution in [0.3, 0.4) is 0 Å². The van der Waals surface area contributed by atoms with E-state index in [4.69, 9.17) is 21.1 Å². The molecule has 2 amide bonds. The Labute approximate surface area is 203 Å². The summed E-state index contributed by atoms with van der Waals surface area (Å²) in [5.74, 6) is 0.238. The summed E-state index contributed by atoms with van der Waals surface area (Å²) in [7, 11) is 3.17. The largest absolute Gasteiger partial charge is 0.497 e. The van der Waals surface area contributed by atoms with Crippen LogP contribution in [-0.4, -0.2) is 49.0 Å². The summed E-state index contributed by atoms with van der Waals surface area (Å²) in [6.07, 6.45) is 1.69. The van der Waals surface area contributed by atoms with Crippen molar-refractivity contribution < 1.29 is 19.1 Å². The number of carbonyl (C=O) groups is 2. The quantitative estimate of drug-likeness (QED) is 0.555. The molecule has 8 heteroatoms. The molecule has 0 bridgehead atoms. The van der Waals surface area contributed by atoms with E-state index in [2.05, 4.69) is 10.3 Å². The van der Waals surface area contributed by atoms with Crippen molar-refractivity contribution in [3.05, 3.63) is 88.7 Å². The van der Waals surface area contributed by atoms with Crippen LogP contribution in [0.25, 0.3) is 0 Å². The average molecular weight is 480 g/mol. The molecule has 1 aromatic heterocycles. The summed E-state index contributed by atoms with van der Waals surface area (Å²) in [5.41, 5.74) is 2.10. The maximum Gasteiger partial charge on any atom is 0.253 e. The van der Waals surface area contributed by atoms with Gasteiger partial charge < -0.3 is 19.7 Å². The Morgan fingerprint density at radius 1 is 1.06 bits per heavy atom. The van der Waals surface area contributed by atoms with Crippen LogP contribution in [0.1, 0.15) is 27.5 Å². The third-order valence-electron chi connectivity index (χ3n) is 6.03. The number of carbonyl (C=O) groups excluding carboxylic acids is 2. The van der Waals surface area contributed by atoms with Crippen molar-refractivity contribution in [2.24, 2.45) is 5.92 Å². The van der Waals surface area contributed by atoms with Gasteiger partial charge in [0, 0.05) is 47.4 Å². The Bertz CT molecular complexity index is 1170. The predicted octanol–water partition coefficient (Wildman–Crippen LogP) is 3.92. The fraction of sp³-hybridized carbons (Fsp3) is 0.269. The topological polar surface area (TPSA) is 80.8 Å². The predicted molar refractivity (Wildman–Crippen MR) is 129 cm³/mol. The van der Waals surface area contributed by atoms with Crippen LogP contribution in [-0.2, 0) is 11.3 Å². The second kappa shape index (κ2) is 10.6. The first kappa shape index (κ1) is 23.6. The van der Waals surface area contributed by atoms with Gasteiger partial charge in [-0.2, -0.15) is 0 Å². The number of hydrogen-bond donors (Lipinski definition) is 1. The van der Waals surface area contributed by atoms with Gasteiger partial charge >= 0.3 is 0 Å². The molecular weight excluding hydrogens is 454 g/mol. The van der Waals surface area contributed by atoms with E-state index in [0.29, 0.717) is 35.2 Å². The number of amides is 2. The van der Waals surface area contributed by atoms with E-state index in [1.165, 1.54) is 0 Å². The van der Waals surface area contributed by atoms with Gasteiger partial charge in [0.05, 0.1) is 32.4 Å². The molecule has 0 aliphatic carbocycles. The van der Waals surface area contributed by atoms with Gasteiger partial charge in [0.25, 0.3) is 5.91 Å². The van der Waals surface area contributed by atoms with Gasteiger partial charge in [0.1, 0.15) is 11.5 Å². The molecule has 1 fully saturated rings. The lowest BCUT2D eigenvalue weighted by Gasteiger charge is -2.21. The van der Waals surface area contributed by atoms with E-state index in [1.807, 2.05) is 30.3 Å². The summed E-state index contributed by atoms with van der Waals surface area (Å²) in [5, 5.41) is 3.47. The zero-order valence-corrected chi connectivity index (χ0v) is 19.8. The Morgan fingerprint density at radius 2 is 1.91 bits per heavy atom. The summed E-state index contributed by atoms with van der Waals surface area (Å²) in [6, 6.07) is 17.9. The van der Waals surface area contributed by atoms with Crippen molar-refractivity contribution in [1.82, 2.24) is 15.2 Å². The van der Waals surface area contributed by atoms with Crippen molar-refractivity contribution in [3.63, 3.8) is 0 Å². The molecule has 0 radical (unpaired) electrons. The molecule has 3 aromatic rings. The van der Waals surface area contributed by atoms with E-state index in [9.17, 15) is 9.59 Å². The number of pyridine rings is 1. The van der Waals surface area contributed by atoms with Gasteiger partial charge in [0.15, 0.2) is 0 Å². The van der Waals surface area contributed by atoms with E-state index in [-0.39, 0.29) is 24.3 Å². The average Bonchev–Trinajstić information content (AvgIpc) is 3.32. The van der Waals surface area contributed by atoms with Gasteiger partial charge in [-0.1, -0.05) is 29.8 Å². The molecule has 4 rings (SSSR count). The molecule has 2 aromatic carbocycles.